The summed E-state index contributed by atoms with van der Waals surface area (Å²) in [5.74, 6) is 0.908. The van der Waals surface area contributed by atoms with Crippen LogP contribution in [-0.4, -0.2) is 17.2 Å². The Morgan fingerprint density at radius 2 is 2.12 bits per heavy atom. The van der Waals surface area contributed by atoms with E-state index in [-0.39, 0.29) is 0 Å². The first-order valence-corrected chi connectivity index (χ1v) is 6.18. The van der Waals surface area contributed by atoms with Gasteiger partial charge in [-0.1, -0.05) is 19.3 Å². The zero-order valence-corrected chi connectivity index (χ0v) is 10.5. The lowest BCUT2D eigenvalue weighted by molar-refractivity contribution is 0.265. The van der Waals surface area contributed by atoms with Crippen LogP contribution in [0.3, 0.4) is 0 Å². The Morgan fingerprint density at radius 1 is 1.38 bits per heavy atom. The van der Waals surface area contributed by atoms with Gasteiger partial charge in [-0.3, -0.25) is 0 Å². The molecule has 1 fully saturated rings. The standard InChI is InChI=1S/C13H21N3/c1-9-7-12(10(2)16-15-9)13(14-3)8-11-5-4-6-11/h7,11,13-14H,4-6,8H2,1-3H3. The van der Waals surface area contributed by atoms with E-state index in [0.29, 0.717) is 6.04 Å². The molecule has 1 aromatic rings. The van der Waals surface area contributed by atoms with Gasteiger partial charge in [-0.2, -0.15) is 10.2 Å². The summed E-state index contributed by atoms with van der Waals surface area (Å²) in [5.41, 5.74) is 3.39. The van der Waals surface area contributed by atoms with Gasteiger partial charge in [0.15, 0.2) is 0 Å². The van der Waals surface area contributed by atoms with Crippen molar-refractivity contribution in [3.8, 4) is 0 Å². The van der Waals surface area contributed by atoms with E-state index in [9.17, 15) is 0 Å². The number of nitrogens with one attached hydrogen (secondary N) is 1. The maximum atomic E-state index is 4.21. The highest BCUT2D eigenvalue weighted by Gasteiger charge is 2.23. The Balaban J connectivity index is 2.14. The molecule has 1 heterocycles. The summed E-state index contributed by atoms with van der Waals surface area (Å²) in [5, 5.41) is 11.7. The Bertz CT molecular complexity index is 358. The number of hydrogen-bond acceptors (Lipinski definition) is 3. The van der Waals surface area contributed by atoms with E-state index in [0.717, 1.165) is 17.3 Å². The molecule has 16 heavy (non-hydrogen) atoms. The number of aryl methyl sites for hydroxylation is 2. The molecule has 0 spiro atoms. The largest absolute Gasteiger partial charge is 0.313 e. The highest BCUT2D eigenvalue weighted by atomic mass is 15.1. The molecule has 0 radical (unpaired) electrons. The van der Waals surface area contributed by atoms with Crippen LogP contribution in [0.2, 0.25) is 0 Å². The first-order valence-electron chi connectivity index (χ1n) is 6.18. The molecule has 3 heteroatoms. The van der Waals surface area contributed by atoms with Gasteiger partial charge < -0.3 is 5.32 Å². The Morgan fingerprint density at radius 3 is 2.69 bits per heavy atom. The van der Waals surface area contributed by atoms with Gasteiger partial charge in [-0.25, -0.2) is 0 Å². The molecule has 3 nitrogen and oxygen atoms in total. The molecular formula is C13H21N3. The van der Waals surface area contributed by atoms with Gasteiger partial charge in [0.2, 0.25) is 0 Å². The van der Waals surface area contributed by atoms with Crippen LogP contribution in [0.5, 0.6) is 0 Å². The molecule has 0 saturated heterocycles. The van der Waals surface area contributed by atoms with Crippen molar-refractivity contribution in [2.45, 2.75) is 45.6 Å². The van der Waals surface area contributed by atoms with Crippen LogP contribution in [0.15, 0.2) is 6.07 Å². The average molecular weight is 219 g/mol. The lowest BCUT2D eigenvalue weighted by Gasteiger charge is -2.30. The lowest BCUT2D eigenvalue weighted by Crippen LogP contribution is -2.24. The third-order valence-corrected chi connectivity index (χ3v) is 3.66. The molecule has 1 aliphatic rings. The summed E-state index contributed by atoms with van der Waals surface area (Å²) in [6, 6.07) is 2.61. The van der Waals surface area contributed by atoms with Crippen molar-refractivity contribution in [2.24, 2.45) is 5.92 Å². The molecule has 1 aliphatic carbocycles. The molecule has 0 aromatic carbocycles. The third-order valence-electron chi connectivity index (χ3n) is 3.66. The van der Waals surface area contributed by atoms with Crippen molar-refractivity contribution >= 4 is 0 Å². The minimum absolute atomic E-state index is 0.444. The third kappa shape index (κ3) is 2.40. The fourth-order valence-electron chi connectivity index (χ4n) is 2.38. The summed E-state index contributed by atoms with van der Waals surface area (Å²) in [6.45, 7) is 4.05. The molecular weight excluding hydrogens is 198 g/mol. The van der Waals surface area contributed by atoms with E-state index in [2.05, 4.69) is 21.6 Å². The van der Waals surface area contributed by atoms with Gasteiger partial charge in [0, 0.05) is 6.04 Å². The predicted molar refractivity (Wildman–Crippen MR) is 65.3 cm³/mol. The normalized spacial score (nSPS) is 18.2. The zero-order valence-electron chi connectivity index (χ0n) is 10.5. The second kappa shape index (κ2) is 4.91. The summed E-state index contributed by atoms with van der Waals surface area (Å²) in [6.07, 6.45) is 5.44. The van der Waals surface area contributed by atoms with Crippen molar-refractivity contribution in [1.82, 2.24) is 15.5 Å². The monoisotopic (exact) mass is 219 g/mol. The molecule has 1 unspecified atom stereocenters. The van der Waals surface area contributed by atoms with Crippen LogP contribution in [-0.2, 0) is 0 Å². The molecule has 1 atom stereocenters. The molecule has 0 aliphatic heterocycles. The molecule has 0 bridgehead atoms. The van der Waals surface area contributed by atoms with Gasteiger partial charge in [-0.15, -0.1) is 0 Å². The maximum Gasteiger partial charge on any atom is 0.0648 e. The van der Waals surface area contributed by atoms with Crippen molar-refractivity contribution in [3.63, 3.8) is 0 Å². The van der Waals surface area contributed by atoms with Crippen LogP contribution >= 0.6 is 0 Å². The quantitative estimate of drug-likeness (QED) is 0.845. The topological polar surface area (TPSA) is 37.8 Å². The first kappa shape index (κ1) is 11.5. The second-order valence-corrected chi connectivity index (χ2v) is 4.90. The van der Waals surface area contributed by atoms with E-state index in [1.165, 1.54) is 31.2 Å². The van der Waals surface area contributed by atoms with E-state index in [1.807, 2.05) is 20.9 Å². The smallest absolute Gasteiger partial charge is 0.0648 e. The van der Waals surface area contributed by atoms with Gasteiger partial charge in [-0.05, 0) is 44.9 Å². The molecule has 1 aromatic heterocycles. The van der Waals surface area contributed by atoms with Gasteiger partial charge in [0.1, 0.15) is 0 Å². The molecule has 88 valence electrons. The van der Waals surface area contributed by atoms with Crippen LogP contribution in [0, 0.1) is 19.8 Å². The van der Waals surface area contributed by atoms with Crippen LogP contribution in [0.4, 0.5) is 0 Å². The van der Waals surface area contributed by atoms with E-state index < -0.39 is 0 Å². The molecule has 1 saturated carbocycles. The molecule has 2 rings (SSSR count). The Kier molecular flexibility index (Phi) is 3.54. The zero-order chi connectivity index (χ0) is 11.5. The van der Waals surface area contributed by atoms with Crippen molar-refractivity contribution in [2.75, 3.05) is 7.05 Å². The number of hydrogen-bond donors (Lipinski definition) is 1. The van der Waals surface area contributed by atoms with Crippen LogP contribution in [0.1, 0.15) is 48.7 Å². The fraction of sp³-hybridized carbons (Fsp3) is 0.692. The van der Waals surface area contributed by atoms with Gasteiger partial charge in [0.05, 0.1) is 11.4 Å². The highest BCUT2D eigenvalue weighted by molar-refractivity contribution is 5.23. The summed E-state index contributed by atoms with van der Waals surface area (Å²) < 4.78 is 0. The van der Waals surface area contributed by atoms with Crippen LogP contribution in [0.25, 0.3) is 0 Å². The van der Waals surface area contributed by atoms with Gasteiger partial charge >= 0.3 is 0 Å². The SMILES string of the molecule is CNC(CC1CCC1)c1cc(C)nnc1C. The minimum Gasteiger partial charge on any atom is -0.313 e. The average Bonchev–Trinajstić information content (AvgIpc) is 2.21. The Hall–Kier alpha value is -0.960. The lowest BCUT2D eigenvalue weighted by atomic mass is 9.79. The minimum atomic E-state index is 0.444. The number of aromatic nitrogens is 2. The fourth-order valence-corrected chi connectivity index (χ4v) is 2.38. The van der Waals surface area contributed by atoms with E-state index in [4.69, 9.17) is 0 Å². The molecule has 0 amide bonds. The van der Waals surface area contributed by atoms with Crippen molar-refractivity contribution < 1.29 is 0 Å². The summed E-state index contributed by atoms with van der Waals surface area (Å²) in [7, 11) is 2.04. The Labute approximate surface area is 97.7 Å². The number of rotatable bonds is 4. The first-order chi connectivity index (χ1) is 7.70. The second-order valence-electron chi connectivity index (χ2n) is 4.90. The van der Waals surface area contributed by atoms with Crippen molar-refractivity contribution in [3.05, 3.63) is 23.0 Å². The summed E-state index contributed by atoms with van der Waals surface area (Å²) in [4.78, 5) is 0. The van der Waals surface area contributed by atoms with Crippen LogP contribution < -0.4 is 5.32 Å². The van der Waals surface area contributed by atoms with Gasteiger partial charge in [0.25, 0.3) is 0 Å². The van der Waals surface area contributed by atoms with E-state index in [1.54, 1.807) is 0 Å². The predicted octanol–water partition coefficient (Wildman–Crippen LogP) is 2.54. The molecule has 1 N–H and O–H groups in total. The highest BCUT2D eigenvalue weighted by Crippen LogP contribution is 2.35. The van der Waals surface area contributed by atoms with E-state index >= 15 is 0 Å². The van der Waals surface area contributed by atoms with Crippen molar-refractivity contribution in [1.29, 1.82) is 0 Å². The summed E-state index contributed by atoms with van der Waals surface area (Å²) >= 11 is 0. The number of nitrogens with zero attached hydrogens (tertiary/aromatic N) is 2. The maximum absolute atomic E-state index is 4.21.